The first-order valence-electron chi connectivity index (χ1n) is 7.70. The zero-order valence-electron chi connectivity index (χ0n) is 12.2. The van der Waals surface area contributed by atoms with Gasteiger partial charge in [0.2, 0.25) is 0 Å². The number of likely N-dealkylation sites (N-methyl/N-ethyl adjacent to an activating group) is 1. The summed E-state index contributed by atoms with van der Waals surface area (Å²) in [7, 11) is 0. The normalized spacial score (nSPS) is 19.1. The molecule has 0 bridgehead atoms. The Morgan fingerprint density at radius 1 is 1.25 bits per heavy atom. The maximum atomic E-state index is 4.46. The Labute approximate surface area is 121 Å². The van der Waals surface area contributed by atoms with Gasteiger partial charge >= 0.3 is 0 Å². The highest BCUT2D eigenvalue weighted by molar-refractivity contribution is 5.91. The van der Waals surface area contributed by atoms with Crippen LogP contribution in [0.5, 0.6) is 0 Å². The number of para-hydroxylation sites is 1. The van der Waals surface area contributed by atoms with E-state index in [1.54, 1.807) is 0 Å². The number of rotatable bonds is 4. The zero-order chi connectivity index (χ0) is 13.8. The molecule has 1 unspecified atom stereocenters. The summed E-state index contributed by atoms with van der Waals surface area (Å²) in [6, 6.07) is 11.2. The van der Waals surface area contributed by atoms with Crippen molar-refractivity contribution < 1.29 is 0 Å². The van der Waals surface area contributed by atoms with E-state index in [9.17, 15) is 0 Å². The molecule has 0 amide bonds. The van der Waals surface area contributed by atoms with E-state index < -0.39 is 0 Å². The van der Waals surface area contributed by atoms with Gasteiger partial charge in [-0.15, -0.1) is 0 Å². The van der Waals surface area contributed by atoms with Gasteiger partial charge in [-0.1, -0.05) is 24.6 Å². The van der Waals surface area contributed by atoms with Gasteiger partial charge in [0, 0.05) is 36.4 Å². The van der Waals surface area contributed by atoms with E-state index >= 15 is 0 Å². The predicted octanol–water partition coefficient (Wildman–Crippen LogP) is 3.20. The second kappa shape index (κ2) is 6.23. The second-order valence-electron chi connectivity index (χ2n) is 5.53. The molecular weight excluding hydrogens is 246 g/mol. The lowest BCUT2D eigenvalue weighted by Crippen LogP contribution is -2.43. The first-order chi connectivity index (χ1) is 9.88. The molecule has 0 radical (unpaired) electrons. The summed E-state index contributed by atoms with van der Waals surface area (Å²) in [5, 5.41) is 4.90. The van der Waals surface area contributed by atoms with Crippen molar-refractivity contribution >= 4 is 16.6 Å². The second-order valence-corrected chi connectivity index (χ2v) is 5.53. The number of anilines is 1. The molecule has 1 atom stereocenters. The molecule has 106 valence electrons. The summed E-state index contributed by atoms with van der Waals surface area (Å²) in [5.74, 6) is 0. The topological polar surface area (TPSA) is 28.2 Å². The van der Waals surface area contributed by atoms with Gasteiger partial charge in [-0.05, 0) is 38.4 Å². The standard InChI is InChI=1S/C17H23N3/c1-2-20(13-14-7-5-6-11-18-14)17-10-12-19-16-9-4-3-8-15(16)17/h3-4,8-10,12,14,18H,2,5-7,11,13H2,1H3. The fourth-order valence-electron chi connectivity index (χ4n) is 3.10. The molecule has 1 N–H and O–H groups in total. The fourth-order valence-corrected chi connectivity index (χ4v) is 3.10. The maximum absolute atomic E-state index is 4.46. The molecule has 1 aliphatic heterocycles. The number of hydrogen-bond acceptors (Lipinski definition) is 3. The highest BCUT2D eigenvalue weighted by Crippen LogP contribution is 2.25. The highest BCUT2D eigenvalue weighted by Gasteiger charge is 2.17. The number of fused-ring (bicyclic) bond motifs is 1. The van der Waals surface area contributed by atoms with Crippen LogP contribution in [0, 0.1) is 0 Å². The van der Waals surface area contributed by atoms with Crippen molar-refractivity contribution in [2.75, 3.05) is 24.5 Å². The van der Waals surface area contributed by atoms with E-state index in [2.05, 4.69) is 52.5 Å². The van der Waals surface area contributed by atoms with Crippen molar-refractivity contribution in [1.82, 2.24) is 10.3 Å². The Morgan fingerprint density at radius 3 is 2.95 bits per heavy atom. The Morgan fingerprint density at radius 2 is 2.15 bits per heavy atom. The van der Waals surface area contributed by atoms with Crippen LogP contribution < -0.4 is 10.2 Å². The van der Waals surface area contributed by atoms with E-state index in [1.165, 1.54) is 36.9 Å². The molecule has 0 aliphatic carbocycles. The third kappa shape index (κ3) is 2.78. The van der Waals surface area contributed by atoms with E-state index in [4.69, 9.17) is 0 Å². The van der Waals surface area contributed by atoms with Crippen LogP contribution in [0.4, 0.5) is 5.69 Å². The summed E-state index contributed by atoms with van der Waals surface area (Å²) < 4.78 is 0. The van der Waals surface area contributed by atoms with Crippen LogP contribution in [0.3, 0.4) is 0 Å². The van der Waals surface area contributed by atoms with Gasteiger partial charge in [0.1, 0.15) is 0 Å². The quantitative estimate of drug-likeness (QED) is 0.924. The fraction of sp³-hybridized carbons (Fsp3) is 0.471. The van der Waals surface area contributed by atoms with Crippen LogP contribution in [0.2, 0.25) is 0 Å². The van der Waals surface area contributed by atoms with Crippen LogP contribution in [0.1, 0.15) is 26.2 Å². The van der Waals surface area contributed by atoms with Crippen molar-refractivity contribution in [2.45, 2.75) is 32.2 Å². The number of pyridine rings is 1. The van der Waals surface area contributed by atoms with Gasteiger partial charge in [-0.3, -0.25) is 4.98 Å². The number of piperidine rings is 1. The molecule has 0 spiro atoms. The van der Waals surface area contributed by atoms with E-state index in [-0.39, 0.29) is 0 Å². The average molecular weight is 269 g/mol. The number of aromatic nitrogens is 1. The SMILES string of the molecule is CCN(CC1CCCCN1)c1ccnc2ccccc12. The lowest BCUT2D eigenvalue weighted by atomic mass is 10.0. The van der Waals surface area contributed by atoms with Crippen LogP contribution in [0.15, 0.2) is 36.5 Å². The molecule has 3 nitrogen and oxygen atoms in total. The first-order valence-corrected chi connectivity index (χ1v) is 7.70. The lowest BCUT2D eigenvalue weighted by molar-refractivity contribution is 0.400. The minimum absolute atomic E-state index is 0.621. The summed E-state index contributed by atoms with van der Waals surface area (Å²) in [6.07, 6.45) is 5.89. The van der Waals surface area contributed by atoms with E-state index in [0.717, 1.165) is 18.6 Å². The predicted molar refractivity (Wildman–Crippen MR) is 85.3 cm³/mol. The van der Waals surface area contributed by atoms with Gasteiger partial charge in [-0.25, -0.2) is 0 Å². The van der Waals surface area contributed by atoms with Gasteiger partial charge in [0.05, 0.1) is 5.52 Å². The van der Waals surface area contributed by atoms with Crippen LogP contribution in [-0.4, -0.2) is 30.7 Å². The van der Waals surface area contributed by atoms with Crippen molar-refractivity contribution in [1.29, 1.82) is 0 Å². The van der Waals surface area contributed by atoms with Gasteiger partial charge in [0.15, 0.2) is 0 Å². The summed E-state index contributed by atoms with van der Waals surface area (Å²) in [5.41, 5.74) is 2.39. The molecule has 20 heavy (non-hydrogen) atoms. The van der Waals surface area contributed by atoms with Gasteiger partial charge < -0.3 is 10.2 Å². The monoisotopic (exact) mass is 269 g/mol. The highest BCUT2D eigenvalue weighted by atomic mass is 15.2. The number of nitrogens with zero attached hydrogens (tertiary/aromatic N) is 2. The lowest BCUT2D eigenvalue weighted by Gasteiger charge is -2.32. The van der Waals surface area contributed by atoms with Crippen molar-refractivity contribution in [3.05, 3.63) is 36.5 Å². The minimum Gasteiger partial charge on any atom is -0.370 e. The molecule has 2 heterocycles. The Bertz CT molecular complexity index is 556. The third-order valence-corrected chi connectivity index (χ3v) is 4.20. The van der Waals surface area contributed by atoms with Crippen LogP contribution in [0.25, 0.3) is 10.9 Å². The molecular formula is C17H23N3. The van der Waals surface area contributed by atoms with Crippen LogP contribution >= 0.6 is 0 Å². The first kappa shape index (κ1) is 13.4. The Balaban J connectivity index is 1.86. The van der Waals surface area contributed by atoms with Crippen molar-refractivity contribution in [3.8, 4) is 0 Å². The molecule has 3 rings (SSSR count). The molecule has 1 fully saturated rings. The number of nitrogens with one attached hydrogen (secondary N) is 1. The number of hydrogen-bond donors (Lipinski definition) is 1. The number of benzene rings is 1. The summed E-state index contributed by atoms with van der Waals surface area (Å²) in [4.78, 5) is 6.94. The van der Waals surface area contributed by atoms with Crippen LogP contribution in [-0.2, 0) is 0 Å². The molecule has 1 saturated heterocycles. The molecule has 1 aliphatic rings. The zero-order valence-corrected chi connectivity index (χ0v) is 12.2. The molecule has 3 heteroatoms. The minimum atomic E-state index is 0.621. The molecule has 1 aromatic carbocycles. The van der Waals surface area contributed by atoms with E-state index in [0.29, 0.717) is 6.04 Å². The third-order valence-electron chi connectivity index (χ3n) is 4.20. The van der Waals surface area contributed by atoms with E-state index in [1.807, 2.05) is 6.20 Å². The smallest absolute Gasteiger partial charge is 0.0722 e. The summed E-state index contributed by atoms with van der Waals surface area (Å²) >= 11 is 0. The largest absolute Gasteiger partial charge is 0.370 e. The Hall–Kier alpha value is -1.61. The summed E-state index contributed by atoms with van der Waals surface area (Å²) in [6.45, 7) is 5.52. The van der Waals surface area contributed by atoms with Crippen molar-refractivity contribution in [3.63, 3.8) is 0 Å². The molecule has 1 aromatic heterocycles. The van der Waals surface area contributed by atoms with Crippen molar-refractivity contribution in [2.24, 2.45) is 0 Å². The maximum Gasteiger partial charge on any atom is 0.0722 e. The molecule has 2 aromatic rings. The average Bonchev–Trinajstić information content (AvgIpc) is 2.53. The molecule has 0 saturated carbocycles. The van der Waals surface area contributed by atoms with Gasteiger partial charge in [0.25, 0.3) is 0 Å². The Kier molecular flexibility index (Phi) is 4.16. The van der Waals surface area contributed by atoms with Gasteiger partial charge in [-0.2, -0.15) is 0 Å².